The van der Waals surface area contributed by atoms with Gasteiger partial charge in [0.15, 0.2) is 0 Å². The lowest BCUT2D eigenvalue weighted by atomic mass is 10.1. The van der Waals surface area contributed by atoms with Crippen molar-refractivity contribution in [3.05, 3.63) is 58.6 Å². The predicted molar refractivity (Wildman–Crippen MR) is 103 cm³/mol. The molecule has 0 unspecified atom stereocenters. The number of hydrogen-bond donors (Lipinski definition) is 2. The maximum atomic E-state index is 12.8. The van der Waals surface area contributed by atoms with Crippen molar-refractivity contribution in [1.82, 2.24) is 0 Å². The molecule has 5 nitrogen and oxygen atoms in total. The fraction of sp³-hybridized carbons (Fsp3) is 0.300. The molecule has 154 valence electrons. The van der Waals surface area contributed by atoms with Crippen molar-refractivity contribution in [3.8, 4) is 0 Å². The molecule has 1 aliphatic heterocycles. The first kappa shape index (κ1) is 21.0. The summed E-state index contributed by atoms with van der Waals surface area (Å²) in [6.07, 6.45) is -3.59. The second-order valence-corrected chi connectivity index (χ2v) is 7.14. The molecule has 0 aliphatic carbocycles. The number of alkyl halides is 3. The smallest absolute Gasteiger partial charge is 0.416 e. The van der Waals surface area contributed by atoms with Crippen LogP contribution >= 0.6 is 11.6 Å². The lowest BCUT2D eigenvalue weighted by Gasteiger charge is -2.19. The third-order valence-electron chi connectivity index (χ3n) is 4.71. The van der Waals surface area contributed by atoms with Crippen molar-refractivity contribution in [2.24, 2.45) is 0 Å². The minimum absolute atomic E-state index is 0.0296. The van der Waals surface area contributed by atoms with E-state index in [1.807, 2.05) is 0 Å². The Bertz CT molecular complexity index is 916. The molecule has 1 aliphatic rings. The average Bonchev–Trinajstić information content (AvgIpc) is 3.01. The van der Waals surface area contributed by atoms with Gasteiger partial charge in [-0.2, -0.15) is 13.2 Å². The molecule has 0 radical (unpaired) electrons. The standard InChI is InChI=1S/C20H18ClF3N2O3/c21-15-11-13(20(22,23)24)4-7-16(15)25-17-9-10-26(19(17)29)14-5-1-12(2-6-14)3-8-18(27)28/h1-2,4-7,11,17,25H,3,8-10H2,(H,27,28)/t17-/m0/s1. The molecule has 29 heavy (non-hydrogen) atoms. The summed E-state index contributed by atoms with van der Waals surface area (Å²) in [5, 5.41) is 11.6. The molecule has 2 aromatic rings. The van der Waals surface area contributed by atoms with Gasteiger partial charge < -0.3 is 15.3 Å². The summed E-state index contributed by atoms with van der Waals surface area (Å²) in [6.45, 7) is 0.448. The molecular formula is C20H18ClF3N2O3. The van der Waals surface area contributed by atoms with Gasteiger partial charge in [-0.05, 0) is 48.7 Å². The normalized spacial score (nSPS) is 16.9. The first-order valence-electron chi connectivity index (χ1n) is 8.90. The number of anilines is 2. The van der Waals surface area contributed by atoms with Crippen LogP contribution in [0.3, 0.4) is 0 Å². The molecule has 2 N–H and O–H groups in total. The number of hydrogen-bond acceptors (Lipinski definition) is 3. The zero-order valence-electron chi connectivity index (χ0n) is 15.2. The zero-order valence-corrected chi connectivity index (χ0v) is 15.9. The third-order valence-corrected chi connectivity index (χ3v) is 5.02. The number of nitrogens with one attached hydrogen (secondary N) is 1. The number of aliphatic carboxylic acids is 1. The van der Waals surface area contributed by atoms with E-state index < -0.39 is 23.8 Å². The number of amides is 1. The van der Waals surface area contributed by atoms with E-state index in [4.69, 9.17) is 16.7 Å². The van der Waals surface area contributed by atoms with Crippen molar-refractivity contribution in [3.63, 3.8) is 0 Å². The lowest BCUT2D eigenvalue weighted by Crippen LogP contribution is -2.33. The number of carbonyl (C=O) groups is 2. The van der Waals surface area contributed by atoms with Gasteiger partial charge in [-0.3, -0.25) is 9.59 Å². The highest BCUT2D eigenvalue weighted by atomic mass is 35.5. The fourth-order valence-electron chi connectivity index (χ4n) is 3.16. The maximum absolute atomic E-state index is 12.8. The van der Waals surface area contributed by atoms with E-state index in [-0.39, 0.29) is 23.0 Å². The summed E-state index contributed by atoms with van der Waals surface area (Å²) in [7, 11) is 0. The van der Waals surface area contributed by atoms with Crippen LogP contribution in [0.4, 0.5) is 24.5 Å². The molecule has 3 rings (SSSR count). The fourth-order valence-corrected chi connectivity index (χ4v) is 3.40. The Balaban J connectivity index is 1.66. The van der Waals surface area contributed by atoms with E-state index in [1.165, 1.54) is 6.07 Å². The second-order valence-electron chi connectivity index (χ2n) is 6.73. The Morgan fingerprint density at radius 3 is 2.48 bits per heavy atom. The van der Waals surface area contributed by atoms with E-state index in [0.29, 0.717) is 25.1 Å². The van der Waals surface area contributed by atoms with Crippen LogP contribution in [0.1, 0.15) is 24.0 Å². The monoisotopic (exact) mass is 426 g/mol. The molecule has 9 heteroatoms. The van der Waals surface area contributed by atoms with Crippen LogP contribution < -0.4 is 10.2 Å². The van der Waals surface area contributed by atoms with E-state index in [2.05, 4.69) is 5.32 Å². The highest BCUT2D eigenvalue weighted by Gasteiger charge is 2.34. The van der Waals surface area contributed by atoms with Gasteiger partial charge in [0.25, 0.3) is 0 Å². The van der Waals surface area contributed by atoms with Crippen LogP contribution in [0.15, 0.2) is 42.5 Å². The summed E-state index contributed by atoms with van der Waals surface area (Å²) >= 11 is 5.96. The SMILES string of the molecule is O=C(O)CCc1ccc(N2CC[C@H](Nc3ccc(C(F)(F)F)cc3Cl)C2=O)cc1. The number of rotatable bonds is 6. The molecule has 0 bridgehead atoms. The molecule has 1 fully saturated rings. The quantitative estimate of drug-likeness (QED) is 0.708. The van der Waals surface area contributed by atoms with Crippen molar-refractivity contribution in [2.45, 2.75) is 31.5 Å². The van der Waals surface area contributed by atoms with Crippen molar-refractivity contribution in [1.29, 1.82) is 0 Å². The number of benzene rings is 2. The van der Waals surface area contributed by atoms with E-state index >= 15 is 0 Å². The van der Waals surface area contributed by atoms with Crippen molar-refractivity contribution < 1.29 is 27.9 Å². The lowest BCUT2D eigenvalue weighted by molar-refractivity contribution is -0.138. The van der Waals surface area contributed by atoms with E-state index in [1.54, 1.807) is 29.2 Å². The van der Waals surface area contributed by atoms with Gasteiger partial charge in [-0.15, -0.1) is 0 Å². The number of carboxylic acid groups (broad SMARTS) is 1. The maximum Gasteiger partial charge on any atom is 0.416 e. The third kappa shape index (κ3) is 5.00. The molecule has 0 aromatic heterocycles. The zero-order chi connectivity index (χ0) is 21.2. The highest BCUT2D eigenvalue weighted by molar-refractivity contribution is 6.33. The number of nitrogens with zero attached hydrogens (tertiary/aromatic N) is 1. The largest absolute Gasteiger partial charge is 0.481 e. The molecule has 0 saturated carbocycles. The topological polar surface area (TPSA) is 69.6 Å². The van der Waals surface area contributed by atoms with Crippen LogP contribution in [-0.4, -0.2) is 29.6 Å². The van der Waals surface area contributed by atoms with Gasteiger partial charge in [-0.1, -0.05) is 23.7 Å². The average molecular weight is 427 g/mol. The van der Waals surface area contributed by atoms with Gasteiger partial charge in [-0.25, -0.2) is 0 Å². The number of aryl methyl sites for hydroxylation is 1. The molecular weight excluding hydrogens is 409 g/mol. The minimum Gasteiger partial charge on any atom is -0.481 e. The molecule has 1 amide bonds. The Kier molecular flexibility index (Phi) is 6.02. The molecule has 2 aromatic carbocycles. The number of carbonyl (C=O) groups excluding carboxylic acids is 1. The molecule has 1 atom stereocenters. The first-order chi connectivity index (χ1) is 13.6. The van der Waals surface area contributed by atoms with Crippen molar-refractivity contribution in [2.75, 3.05) is 16.8 Å². The van der Waals surface area contributed by atoms with Crippen LogP contribution in [0.25, 0.3) is 0 Å². The van der Waals surface area contributed by atoms with Gasteiger partial charge >= 0.3 is 12.1 Å². The van der Waals surface area contributed by atoms with Gasteiger partial charge in [0.2, 0.25) is 5.91 Å². The Labute approximate surface area is 170 Å². The van der Waals surface area contributed by atoms with Gasteiger partial charge in [0, 0.05) is 18.7 Å². The molecule has 1 heterocycles. The highest BCUT2D eigenvalue weighted by Crippen LogP contribution is 2.34. The molecule has 1 saturated heterocycles. The van der Waals surface area contributed by atoms with E-state index in [0.717, 1.165) is 17.7 Å². The predicted octanol–water partition coefficient (Wildman–Crippen LogP) is 4.59. The number of carboxylic acids is 1. The Hall–Kier alpha value is -2.74. The van der Waals surface area contributed by atoms with Crippen molar-refractivity contribution >= 4 is 34.9 Å². The van der Waals surface area contributed by atoms with Gasteiger partial charge in [0.05, 0.1) is 16.3 Å². The summed E-state index contributed by atoms with van der Waals surface area (Å²) in [5.41, 5.74) is 0.949. The Morgan fingerprint density at radius 2 is 1.90 bits per heavy atom. The second kappa shape index (κ2) is 8.32. The minimum atomic E-state index is -4.49. The van der Waals surface area contributed by atoms with Crippen LogP contribution in [0, 0.1) is 0 Å². The van der Waals surface area contributed by atoms with Crippen LogP contribution in [0.5, 0.6) is 0 Å². The van der Waals surface area contributed by atoms with Crippen LogP contribution in [-0.2, 0) is 22.2 Å². The first-order valence-corrected chi connectivity index (χ1v) is 9.28. The summed E-state index contributed by atoms with van der Waals surface area (Å²) in [4.78, 5) is 24.9. The summed E-state index contributed by atoms with van der Waals surface area (Å²) in [6, 6.07) is 9.43. The van der Waals surface area contributed by atoms with E-state index in [9.17, 15) is 22.8 Å². The van der Waals surface area contributed by atoms with Crippen LogP contribution in [0.2, 0.25) is 5.02 Å². The molecule has 0 spiro atoms. The van der Waals surface area contributed by atoms with Gasteiger partial charge in [0.1, 0.15) is 6.04 Å². The summed E-state index contributed by atoms with van der Waals surface area (Å²) in [5.74, 6) is -1.08. The Morgan fingerprint density at radius 1 is 1.21 bits per heavy atom. The number of halogens is 4. The summed E-state index contributed by atoms with van der Waals surface area (Å²) < 4.78 is 38.3.